The first-order valence-corrected chi connectivity index (χ1v) is 11.7. The molecule has 0 aromatic heterocycles. The summed E-state index contributed by atoms with van der Waals surface area (Å²) in [6, 6.07) is 0.750. The lowest BCUT2D eigenvalue weighted by Gasteiger charge is -2.44. The van der Waals surface area contributed by atoms with Gasteiger partial charge in [0.15, 0.2) is 0 Å². The van der Waals surface area contributed by atoms with E-state index in [9.17, 15) is 0 Å². The highest BCUT2D eigenvalue weighted by Crippen LogP contribution is 2.49. The van der Waals surface area contributed by atoms with E-state index in [2.05, 4.69) is 53.7 Å². The van der Waals surface area contributed by atoms with Crippen molar-refractivity contribution in [1.82, 2.24) is 0 Å². The Morgan fingerprint density at radius 1 is 1.10 bits per heavy atom. The van der Waals surface area contributed by atoms with Gasteiger partial charge in [0, 0.05) is 12.1 Å². The van der Waals surface area contributed by atoms with E-state index in [0.29, 0.717) is 23.4 Å². The van der Waals surface area contributed by atoms with Crippen LogP contribution in [0.15, 0.2) is 23.3 Å². The Balaban J connectivity index is -0.000000620. The van der Waals surface area contributed by atoms with Crippen molar-refractivity contribution in [3.8, 4) is 0 Å². The number of hydrogen-bond donors (Lipinski definition) is 3. The van der Waals surface area contributed by atoms with E-state index < -0.39 is 0 Å². The molecule has 6 heteroatoms. The van der Waals surface area contributed by atoms with Crippen LogP contribution in [0.5, 0.6) is 0 Å². The normalized spacial score (nSPS) is 23.7. The summed E-state index contributed by atoms with van der Waals surface area (Å²) in [5.41, 5.74) is 20.7. The minimum atomic E-state index is 0. The highest BCUT2D eigenvalue weighted by molar-refractivity contribution is 5.33. The Morgan fingerprint density at radius 3 is 2.13 bits per heavy atom. The van der Waals surface area contributed by atoms with E-state index in [1.54, 1.807) is 5.57 Å². The average Bonchev–Trinajstić information content (AvgIpc) is 3.05. The second-order valence-corrected chi connectivity index (χ2v) is 10.3. The number of rotatable bonds is 8. The molecular formula is C25H55N3O3. The smallest absolute Gasteiger partial charge is 0.00645 e. The van der Waals surface area contributed by atoms with Crippen molar-refractivity contribution in [2.45, 2.75) is 105 Å². The lowest BCUT2D eigenvalue weighted by Crippen LogP contribution is -2.37. The Labute approximate surface area is 192 Å². The molecule has 12 N–H and O–H groups in total. The van der Waals surface area contributed by atoms with E-state index >= 15 is 0 Å². The summed E-state index contributed by atoms with van der Waals surface area (Å²) in [5, 5.41) is 0. The Kier molecular flexibility index (Phi) is 18.9. The highest BCUT2D eigenvalue weighted by Gasteiger charge is 2.39. The third kappa shape index (κ3) is 12.2. The van der Waals surface area contributed by atoms with Gasteiger partial charge in [-0.2, -0.15) is 0 Å². The van der Waals surface area contributed by atoms with Crippen LogP contribution in [0, 0.1) is 23.2 Å². The topological polar surface area (TPSA) is 173 Å². The van der Waals surface area contributed by atoms with Gasteiger partial charge in [0.2, 0.25) is 0 Å². The van der Waals surface area contributed by atoms with Crippen molar-refractivity contribution in [1.29, 1.82) is 0 Å². The molecule has 1 saturated carbocycles. The zero-order valence-electron chi connectivity index (χ0n) is 21.1. The minimum absolute atomic E-state index is 0. The van der Waals surface area contributed by atoms with Gasteiger partial charge < -0.3 is 33.6 Å². The Morgan fingerprint density at radius 2 is 1.71 bits per heavy atom. The molecule has 0 aromatic rings. The van der Waals surface area contributed by atoms with Crippen molar-refractivity contribution >= 4 is 0 Å². The van der Waals surface area contributed by atoms with Crippen LogP contribution >= 0.6 is 0 Å². The molecule has 0 aromatic carbocycles. The zero-order valence-corrected chi connectivity index (χ0v) is 21.1. The van der Waals surface area contributed by atoms with Crippen molar-refractivity contribution in [2.75, 3.05) is 6.54 Å². The molecular weight excluding hydrogens is 390 g/mol. The molecule has 0 radical (unpaired) electrons. The third-order valence-corrected chi connectivity index (χ3v) is 6.91. The second-order valence-electron chi connectivity index (χ2n) is 10.3. The van der Waals surface area contributed by atoms with Gasteiger partial charge in [-0.05, 0) is 88.0 Å². The molecule has 2 rings (SSSR count). The van der Waals surface area contributed by atoms with E-state index in [0.717, 1.165) is 37.6 Å². The molecule has 6 nitrogen and oxygen atoms in total. The van der Waals surface area contributed by atoms with Gasteiger partial charge in [-0.25, -0.2) is 0 Å². The van der Waals surface area contributed by atoms with Gasteiger partial charge in [-0.3, -0.25) is 0 Å². The van der Waals surface area contributed by atoms with Crippen LogP contribution in [0.2, 0.25) is 0 Å². The fraction of sp³-hybridized carbons (Fsp3) is 0.840. The minimum Gasteiger partial charge on any atom is -0.412 e. The fourth-order valence-electron chi connectivity index (χ4n) is 4.84. The van der Waals surface area contributed by atoms with Crippen LogP contribution in [-0.2, 0) is 0 Å². The fourth-order valence-corrected chi connectivity index (χ4v) is 4.84. The van der Waals surface area contributed by atoms with Gasteiger partial charge in [0.05, 0.1) is 0 Å². The first kappa shape index (κ1) is 34.8. The van der Waals surface area contributed by atoms with Gasteiger partial charge in [-0.15, -0.1) is 0 Å². The maximum atomic E-state index is 6.29. The van der Waals surface area contributed by atoms with Crippen molar-refractivity contribution in [3.05, 3.63) is 23.3 Å². The maximum absolute atomic E-state index is 6.29. The molecule has 0 saturated heterocycles. The molecule has 1 fully saturated rings. The molecule has 31 heavy (non-hydrogen) atoms. The second kappa shape index (κ2) is 16.8. The summed E-state index contributed by atoms with van der Waals surface area (Å²) in [7, 11) is 0. The predicted molar refractivity (Wildman–Crippen MR) is 136 cm³/mol. The predicted octanol–water partition coefficient (Wildman–Crippen LogP) is 3.07. The Bertz CT molecular complexity index is 518. The molecule has 2 aliphatic rings. The summed E-state index contributed by atoms with van der Waals surface area (Å²) in [5.74, 6) is 2.22. The molecule has 2 unspecified atom stereocenters. The van der Waals surface area contributed by atoms with E-state index in [1.165, 1.54) is 37.7 Å². The Hall–Kier alpha value is -0.760. The molecule has 0 spiro atoms. The van der Waals surface area contributed by atoms with Crippen molar-refractivity contribution in [3.63, 3.8) is 0 Å². The van der Waals surface area contributed by atoms with Gasteiger partial charge >= 0.3 is 0 Å². The van der Waals surface area contributed by atoms with Crippen molar-refractivity contribution < 1.29 is 16.4 Å². The first-order valence-electron chi connectivity index (χ1n) is 11.7. The van der Waals surface area contributed by atoms with Crippen LogP contribution in [0.3, 0.4) is 0 Å². The van der Waals surface area contributed by atoms with Crippen molar-refractivity contribution in [2.24, 2.45) is 40.4 Å². The first-order chi connectivity index (χ1) is 13.1. The average molecular weight is 446 g/mol. The van der Waals surface area contributed by atoms with Crippen LogP contribution in [0.1, 0.15) is 92.9 Å². The summed E-state index contributed by atoms with van der Waals surface area (Å²) >= 11 is 0. The quantitative estimate of drug-likeness (QED) is 0.521. The number of hydrogen-bond acceptors (Lipinski definition) is 3. The van der Waals surface area contributed by atoms with Crippen LogP contribution in [0.4, 0.5) is 0 Å². The summed E-state index contributed by atoms with van der Waals surface area (Å²) in [4.78, 5) is 0. The zero-order chi connectivity index (χ0) is 21.3. The van der Waals surface area contributed by atoms with E-state index in [4.69, 9.17) is 17.2 Å². The van der Waals surface area contributed by atoms with Crippen LogP contribution in [-0.4, -0.2) is 35.1 Å². The van der Waals surface area contributed by atoms with Gasteiger partial charge in [0.1, 0.15) is 0 Å². The standard InChI is InChI=1S/C19H33N.C6H16N2.3H2O/c1-13(2)18(20)11-15-7-9-17(19(4,5)12-15)16-8-6-14(3)10-16;1-2-6(8)4-3-5-7;;;/h6,10,13,15,17-18H,7-9,11-12,20H2,1-5H3;6H,2-5,7-8H2,1H3;3*1H2/t15?,17?,18-;6-;;;/m00.../s1. The molecule has 0 bridgehead atoms. The lowest BCUT2D eigenvalue weighted by atomic mass is 9.61. The van der Waals surface area contributed by atoms with E-state index in [-0.39, 0.29) is 16.4 Å². The SMILES string of the molecule is CC1=CCC(C2CCC(C[C@H](N)C(C)C)CC2(C)C)=C1.CC[C@H](N)CCCN.O.O.O. The van der Waals surface area contributed by atoms with Gasteiger partial charge in [0.25, 0.3) is 0 Å². The largest absolute Gasteiger partial charge is 0.412 e. The summed E-state index contributed by atoms with van der Waals surface area (Å²) < 4.78 is 0. The summed E-state index contributed by atoms with van der Waals surface area (Å²) in [6.45, 7) is 14.5. The molecule has 2 aliphatic carbocycles. The number of allylic oxidation sites excluding steroid dienone is 4. The molecule has 0 heterocycles. The number of nitrogens with two attached hydrogens (primary N) is 3. The summed E-state index contributed by atoms with van der Waals surface area (Å²) in [6.07, 6.45) is 14.5. The van der Waals surface area contributed by atoms with E-state index in [1.807, 2.05) is 0 Å². The third-order valence-electron chi connectivity index (χ3n) is 6.91. The lowest BCUT2D eigenvalue weighted by molar-refractivity contribution is 0.106. The highest BCUT2D eigenvalue weighted by atomic mass is 16.0. The monoisotopic (exact) mass is 445 g/mol. The van der Waals surface area contributed by atoms with Crippen LogP contribution in [0.25, 0.3) is 0 Å². The van der Waals surface area contributed by atoms with Crippen LogP contribution < -0.4 is 17.2 Å². The molecule has 0 amide bonds. The maximum Gasteiger partial charge on any atom is 0.00645 e. The van der Waals surface area contributed by atoms with Gasteiger partial charge in [-0.1, -0.05) is 57.9 Å². The molecule has 0 aliphatic heterocycles. The molecule has 188 valence electrons. The molecule has 4 atom stereocenters.